The van der Waals surface area contributed by atoms with Crippen LogP contribution in [-0.2, 0) is 6.42 Å². The normalized spacial score (nSPS) is 15.6. The molecular formula is C24H18FN3O3. The number of non-ortho nitro benzene ring substituents is 1. The number of carbonyl (C=O) groups excluding carboxylic acids is 1. The van der Waals surface area contributed by atoms with Gasteiger partial charge in [-0.3, -0.25) is 14.9 Å². The number of nitro benzene ring substituents is 1. The fraction of sp³-hybridized carbons (Fsp3) is 0.125. The van der Waals surface area contributed by atoms with Crippen molar-refractivity contribution >= 4 is 22.5 Å². The van der Waals surface area contributed by atoms with Crippen molar-refractivity contribution in [2.75, 3.05) is 6.54 Å². The van der Waals surface area contributed by atoms with Crippen molar-refractivity contribution in [1.82, 2.24) is 9.88 Å². The number of aromatic amines is 1. The van der Waals surface area contributed by atoms with E-state index in [1.54, 1.807) is 17.0 Å². The summed E-state index contributed by atoms with van der Waals surface area (Å²) in [5, 5.41) is 12.2. The maximum absolute atomic E-state index is 13.4. The second-order valence-electron chi connectivity index (χ2n) is 7.57. The van der Waals surface area contributed by atoms with E-state index in [9.17, 15) is 19.3 Å². The van der Waals surface area contributed by atoms with E-state index in [-0.39, 0.29) is 11.6 Å². The molecule has 0 bridgehead atoms. The summed E-state index contributed by atoms with van der Waals surface area (Å²) in [6.07, 6.45) is 0.676. The van der Waals surface area contributed by atoms with E-state index in [2.05, 4.69) is 11.1 Å². The van der Waals surface area contributed by atoms with E-state index in [1.807, 2.05) is 18.2 Å². The third-order valence-electron chi connectivity index (χ3n) is 5.81. The van der Waals surface area contributed by atoms with Crippen LogP contribution in [0, 0.1) is 15.9 Å². The van der Waals surface area contributed by atoms with Gasteiger partial charge in [0.15, 0.2) is 0 Å². The fourth-order valence-corrected chi connectivity index (χ4v) is 4.34. The summed E-state index contributed by atoms with van der Waals surface area (Å²) < 4.78 is 13.4. The highest BCUT2D eigenvalue weighted by Crippen LogP contribution is 2.39. The van der Waals surface area contributed by atoms with Crippen molar-refractivity contribution in [2.24, 2.45) is 0 Å². The Morgan fingerprint density at radius 2 is 1.74 bits per heavy atom. The molecule has 0 spiro atoms. The van der Waals surface area contributed by atoms with Crippen molar-refractivity contribution in [3.63, 3.8) is 0 Å². The van der Waals surface area contributed by atoms with Gasteiger partial charge >= 0.3 is 0 Å². The van der Waals surface area contributed by atoms with Crippen molar-refractivity contribution in [1.29, 1.82) is 0 Å². The number of carbonyl (C=O) groups is 1. The highest BCUT2D eigenvalue weighted by Gasteiger charge is 2.35. The Kier molecular flexibility index (Phi) is 4.51. The van der Waals surface area contributed by atoms with Crippen molar-refractivity contribution in [3.8, 4) is 0 Å². The Balaban J connectivity index is 1.64. The zero-order valence-corrected chi connectivity index (χ0v) is 16.4. The van der Waals surface area contributed by atoms with E-state index in [4.69, 9.17) is 0 Å². The molecule has 1 amide bonds. The van der Waals surface area contributed by atoms with Gasteiger partial charge in [0.2, 0.25) is 0 Å². The molecule has 0 saturated heterocycles. The van der Waals surface area contributed by atoms with Crippen LogP contribution in [0.5, 0.6) is 0 Å². The molecule has 31 heavy (non-hydrogen) atoms. The van der Waals surface area contributed by atoms with Gasteiger partial charge in [-0.05, 0) is 60.0 Å². The summed E-state index contributed by atoms with van der Waals surface area (Å²) in [6, 6.07) is 19.3. The Morgan fingerprint density at radius 3 is 2.45 bits per heavy atom. The van der Waals surface area contributed by atoms with E-state index >= 15 is 0 Å². The lowest BCUT2D eigenvalue weighted by atomic mass is 9.91. The monoisotopic (exact) mass is 415 g/mol. The molecule has 7 heteroatoms. The quantitative estimate of drug-likeness (QED) is 0.378. The van der Waals surface area contributed by atoms with Gasteiger partial charge in [-0.25, -0.2) is 4.39 Å². The van der Waals surface area contributed by atoms with Crippen molar-refractivity contribution < 1.29 is 14.1 Å². The Labute approximate surface area is 177 Å². The maximum Gasteiger partial charge on any atom is 0.269 e. The summed E-state index contributed by atoms with van der Waals surface area (Å²) in [4.78, 5) is 29.2. The average Bonchev–Trinajstić information content (AvgIpc) is 3.17. The summed E-state index contributed by atoms with van der Waals surface area (Å²) in [5.41, 5.74) is 4.18. The summed E-state index contributed by atoms with van der Waals surface area (Å²) in [5.74, 6) is -0.618. The van der Waals surface area contributed by atoms with Gasteiger partial charge in [-0.15, -0.1) is 0 Å². The lowest BCUT2D eigenvalue weighted by Crippen LogP contribution is -2.40. The molecule has 1 aliphatic heterocycles. The summed E-state index contributed by atoms with van der Waals surface area (Å²) in [7, 11) is 0. The first-order chi connectivity index (χ1) is 15.0. The van der Waals surface area contributed by atoms with Crippen LogP contribution in [0.3, 0.4) is 0 Å². The molecule has 4 aromatic rings. The topological polar surface area (TPSA) is 79.2 Å². The number of fused-ring (bicyclic) bond motifs is 3. The minimum absolute atomic E-state index is 0.00663. The maximum atomic E-state index is 13.4. The molecule has 2 heterocycles. The number of para-hydroxylation sites is 1. The lowest BCUT2D eigenvalue weighted by molar-refractivity contribution is -0.384. The molecule has 6 nitrogen and oxygen atoms in total. The van der Waals surface area contributed by atoms with Gasteiger partial charge in [0.05, 0.1) is 11.0 Å². The molecule has 3 aromatic carbocycles. The first kappa shape index (κ1) is 19.0. The molecule has 0 fully saturated rings. The number of rotatable bonds is 3. The standard InChI is InChI=1S/C24H18FN3O3/c25-17-9-5-16(6-10-17)24(29)27-14-13-20-19-3-1-2-4-21(19)26-22(20)23(27)15-7-11-18(12-8-15)28(30)31/h1-12,23,26H,13-14H2/t23-/m1/s1. The fourth-order valence-electron chi connectivity index (χ4n) is 4.34. The zero-order chi connectivity index (χ0) is 21.5. The Morgan fingerprint density at radius 1 is 1.03 bits per heavy atom. The van der Waals surface area contributed by atoms with E-state index in [0.29, 0.717) is 18.5 Å². The van der Waals surface area contributed by atoms with Gasteiger partial charge in [-0.1, -0.05) is 18.2 Å². The largest absolute Gasteiger partial charge is 0.356 e. The first-order valence-corrected chi connectivity index (χ1v) is 9.93. The van der Waals surface area contributed by atoms with Crippen LogP contribution in [-0.4, -0.2) is 27.3 Å². The number of H-pyrrole nitrogens is 1. The second kappa shape index (κ2) is 7.36. The molecule has 0 radical (unpaired) electrons. The highest BCUT2D eigenvalue weighted by molar-refractivity contribution is 5.95. The molecule has 1 aliphatic rings. The number of nitro groups is 1. The zero-order valence-electron chi connectivity index (χ0n) is 16.4. The van der Waals surface area contributed by atoms with Gasteiger partial charge in [-0.2, -0.15) is 0 Å². The summed E-state index contributed by atoms with van der Waals surface area (Å²) >= 11 is 0. The molecule has 1 aromatic heterocycles. The number of nitrogens with zero attached hydrogens (tertiary/aromatic N) is 2. The molecule has 0 unspecified atom stereocenters. The third-order valence-corrected chi connectivity index (χ3v) is 5.81. The molecule has 154 valence electrons. The lowest BCUT2D eigenvalue weighted by Gasteiger charge is -2.36. The van der Waals surface area contributed by atoms with Gasteiger partial charge in [0.25, 0.3) is 11.6 Å². The minimum atomic E-state index is -0.444. The number of hydrogen-bond acceptors (Lipinski definition) is 3. The average molecular weight is 415 g/mol. The van der Waals surface area contributed by atoms with E-state index in [1.165, 1.54) is 36.4 Å². The van der Waals surface area contributed by atoms with Gasteiger partial charge in [0.1, 0.15) is 5.82 Å². The van der Waals surface area contributed by atoms with Crippen molar-refractivity contribution in [3.05, 3.63) is 111 Å². The third kappa shape index (κ3) is 3.24. The van der Waals surface area contributed by atoms with E-state index in [0.717, 1.165) is 27.7 Å². The van der Waals surface area contributed by atoms with Crippen LogP contribution in [0.1, 0.15) is 33.2 Å². The number of halogens is 1. The summed E-state index contributed by atoms with van der Waals surface area (Å²) in [6.45, 7) is 0.479. The molecule has 5 rings (SSSR count). The smallest absolute Gasteiger partial charge is 0.269 e. The van der Waals surface area contributed by atoms with Crippen molar-refractivity contribution in [2.45, 2.75) is 12.5 Å². The number of hydrogen-bond donors (Lipinski definition) is 1. The van der Waals surface area contributed by atoms with Crippen LogP contribution in [0.4, 0.5) is 10.1 Å². The predicted octanol–water partition coefficient (Wildman–Crippen LogP) is 5.00. The number of amides is 1. The Bertz CT molecular complexity index is 1300. The van der Waals surface area contributed by atoms with Crippen LogP contribution >= 0.6 is 0 Å². The number of nitrogens with one attached hydrogen (secondary N) is 1. The predicted molar refractivity (Wildman–Crippen MR) is 114 cm³/mol. The molecular weight excluding hydrogens is 397 g/mol. The molecule has 1 N–H and O–H groups in total. The highest BCUT2D eigenvalue weighted by atomic mass is 19.1. The van der Waals surface area contributed by atoms with Gasteiger partial charge < -0.3 is 9.88 Å². The first-order valence-electron chi connectivity index (χ1n) is 9.93. The molecule has 0 aliphatic carbocycles. The molecule has 0 saturated carbocycles. The number of aromatic nitrogens is 1. The van der Waals surface area contributed by atoms with E-state index < -0.39 is 16.8 Å². The minimum Gasteiger partial charge on any atom is -0.356 e. The van der Waals surface area contributed by atoms with Crippen LogP contribution in [0.2, 0.25) is 0 Å². The van der Waals surface area contributed by atoms with Crippen LogP contribution in [0.25, 0.3) is 10.9 Å². The van der Waals surface area contributed by atoms with Crippen LogP contribution < -0.4 is 0 Å². The number of benzene rings is 3. The Hall–Kier alpha value is -4.00. The van der Waals surface area contributed by atoms with Gasteiger partial charge in [0, 0.05) is 40.8 Å². The molecule has 1 atom stereocenters. The van der Waals surface area contributed by atoms with Crippen LogP contribution in [0.15, 0.2) is 72.8 Å². The second-order valence-corrected chi connectivity index (χ2v) is 7.57. The SMILES string of the molecule is O=C(c1ccc(F)cc1)N1CCc2c([nH]c3ccccc23)[C@H]1c1ccc([N+](=O)[O-])cc1.